The van der Waals surface area contributed by atoms with Gasteiger partial charge in [-0.15, -0.1) is 11.3 Å². The standard InChI is InChI=1S/C13H17N3O2S/c1-3-4-5-9(13(17)18)16-12-11-10(14-7-15-12)8(2)6-19-11/h6-7,9H,3-5H2,1-2H3,(H,17,18)(H,14,15,16)/t9-/m0/s1. The molecule has 0 aromatic carbocycles. The molecular weight excluding hydrogens is 262 g/mol. The van der Waals surface area contributed by atoms with Gasteiger partial charge in [-0.3, -0.25) is 0 Å². The Bertz CT molecular complexity index is 582. The number of carboxylic acids is 1. The SMILES string of the molecule is CCCC[C@H](Nc1ncnc2c(C)csc12)C(=O)O. The second kappa shape index (κ2) is 5.97. The predicted octanol–water partition coefficient (Wildman–Crippen LogP) is 3.06. The topological polar surface area (TPSA) is 75.1 Å². The van der Waals surface area contributed by atoms with Gasteiger partial charge in [-0.2, -0.15) is 0 Å². The highest BCUT2D eigenvalue weighted by Crippen LogP contribution is 2.29. The van der Waals surface area contributed by atoms with Crippen LogP contribution in [0.3, 0.4) is 0 Å². The molecule has 2 aromatic heterocycles. The zero-order chi connectivity index (χ0) is 13.8. The minimum absolute atomic E-state index is 0.597. The average molecular weight is 279 g/mol. The number of unbranched alkanes of at least 4 members (excludes halogenated alkanes) is 1. The highest BCUT2D eigenvalue weighted by molar-refractivity contribution is 7.18. The van der Waals surface area contributed by atoms with Gasteiger partial charge in [-0.1, -0.05) is 19.8 Å². The van der Waals surface area contributed by atoms with Gasteiger partial charge < -0.3 is 10.4 Å². The number of aryl methyl sites for hydroxylation is 1. The molecule has 2 rings (SSSR count). The molecule has 0 bridgehead atoms. The highest BCUT2D eigenvalue weighted by Gasteiger charge is 2.19. The maximum Gasteiger partial charge on any atom is 0.326 e. The number of carboxylic acid groups (broad SMARTS) is 1. The monoisotopic (exact) mass is 279 g/mol. The fourth-order valence-electron chi connectivity index (χ4n) is 1.90. The summed E-state index contributed by atoms with van der Waals surface area (Å²) in [4.78, 5) is 19.7. The van der Waals surface area contributed by atoms with Crippen LogP contribution in [0.25, 0.3) is 10.2 Å². The lowest BCUT2D eigenvalue weighted by Gasteiger charge is -2.14. The molecule has 0 saturated carbocycles. The smallest absolute Gasteiger partial charge is 0.326 e. The van der Waals surface area contributed by atoms with Crippen molar-refractivity contribution in [3.05, 3.63) is 17.3 Å². The van der Waals surface area contributed by atoms with Crippen LogP contribution in [0.2, 0.25) is 0 Å². The van der Waals surface area contributed by atoms with Crippen LogP contribution in [0.5, 0.6) is 0 Å². The molecule has 2 N–H and O–H groups in total. The number of hydrogen-bond donors (Lipinski definition) is 2. The minimum atomic E-state index is -0.839. The summed E-state index contributed by atoms with van der Waals surface area (Å²) in [6.45, 7) is 4.03. The van der Waals surface area contributed by atoms with E-state index in [2.05, 4.69) is 15.3 Å². The van der Waals surface area contributed by atoms with Crippen molar-refractivity contribution in [2.45, 2.75) is 39.2 Å². The fraction of sp³-hybridized carbons (Fsp3) is 0.462. The number of aromatic nitrogens is 2. The Morgan fingerprint density at radius 1 is 1.53 bits per heavy atom. The second-order valence-electron chi connectivity index (χ2n) is 4.50. The van der Waals surface area contributed by atoms with Crippen molar-refractivity contribution < 1.29 is 9.90 Å². The third-order valence-corrected chi connectivity index (χ3v) is 4.08. The molecule has 102 valence electrons. The van der Waals surface area contributed by atoms with Crippen LogP contribution < -0.4 is 5.32 Å². The van der Waals surface area contributed by atoms with Gasteiger partial charge in [0.15, 0.2) is 0 Å². The molecule has 0 amide bonds. The molecule has 0 aliphatic carbocycles. The first-order valence-electron chi connectivity index (χ1n) is 6.31. The van der Waals surface area contributed by atoms with Gasteiger partial charge >= 0.3 is 5.97 Å². The molecule has 0 aliphatic heterocycles. The summed E-state index contributed by atoms with van der Waals surface area (Å²) in [6, 6.07) is -0.597. The van der Waals surface area contributed by atoms with Gasteiger partial charge in [-0.05, 0) is 24.3 Å². The van der Waals surface area contributed by atoms with Gasteiger partial charge in [0.1, 0.15) is 18.2 Å². The lowest BCUT2D eigenvalue weighted by atomic mass is 10.1. The van der Waals surface area contributed by atoms with E-state index in [-0.39, 0.29) is 0 Å². The molecule has 1 atom stereocenters. The minimum Gasteiger partial charge on any atom is -0.480 e. The summed E-state index contributed by atoms with van der Waals surface area (Å²) >= 11 is 1.54. The number of aliphatic carboxylic acids is 1. The number of nitrogens with zero attached hydrogens (tertiary/aromatic N) is 2. The van der Waals surface area contributed by atoms with Crippen molar-refractivity contribution >= 4 is 33.3 Å². The van der Waals surface area contributed by atoms with Crippen molar-refractivity contribution in [2.75, 3.05) is 5.32 Å². The van der Waals surface area contributed by atoms with E-state index in [1.165, 1.54) is 17.7 Å². The Kier molecular flexibility index (Phi) is 4.31. The molecule has 0 saturated heterocycles. The lowest BCUT2D eigenvalue weighted by Crippen LogP contribution is -2.29. The Hall–Kier alpha value is -1.69. The maximum absolute atomic E-state index is 11.2. The number of carbonyl (C=O) groups is 1. The fourth-order valence-corrected chi connectivity index (χ4v) is 2.86. The van der Waals surface area contributed by atoms with Crippen LogP contribution in [-0.2, 0) is 4.79 Å². The summed E-state index contributed by atoms with van der Waals surface area (Å²) in [5.74, 6) is -0.222. The third kappa shape index (κ3) is 3.01. The van der Waals surface area contributed by atoms with Crippen molar-refractivity contribution in [3.8, 4) is 0 Å². The maximum atomic E-state index is 11.2. The molecule has 5 nitrogen and oxygen atoms in total. The van der Waals surface area contributed by atoms with E-state index in [0.29, 0.717) is 12.2 Å². The first-order chi connectivity index (χ1) is 9.13. The van der Waals surface area contributed by atoms with Crippen molar-refractivity contribution in [3.63, 3.8) is 0 Å². The highest BCUT2D eigenvalue weighted by atomic mass is 32.1. The first-order valence-corrected chi connectivity index (χ1v) is 7.19. The first kappa shape index (κ1) is 13.7. The summed E-state index contributed by atoms with van der Waals surface area (Å²) < 4.78 is 0.919. The Labute approximate surface area is 115 Å². The zero-order valence-corrected chi connectivity index (χ0v) is 11.8. The van der Waals surface area contributed by atoms with Gasteiger partial charge in [-0.25, -0.2) is 14.8 Å². The number of anilines is 1. The number of thiophene rings is 1. The van der Waals surface area contributed by atoms with E-state index in [4.69, 9.17) is 0 Å². The molecule has 0 radical (unpaired) electrons. The molecule has 0 unspecified atom stereocenters. The van der Waals surface area contributed by atoms with Crippen LogP contribution in [-0.4, -0.2) is 27.1 Å². The molecule has 2 aromatic rings. The van der Waals surface area contributed by atoms with Gasteiger partial charge in [0, 0.05) is 0 Å². The summed E-state index contributed by atoms with van der Waals surface area (Å²) in [7, 11) is 0. The van der Waals surface area contributed by atoms with Crippen molar-refractivity contribution in [1.29, 1.82) is 0 Å². The Balaban J connectivity index is 2.26. The van der Waals surface area contributed by atoms with Gasteiger partial charge in [0.05, 0.1) is 10.2 Å². The molecule has 6 heteroatoms. The van der Waals surface area contributed by atoms with E-state index in [1.54, 1.807) is 0 Å². The van der Waals surface area contributed by atoms with Crippen LogP contribution in [0.15, 0.2) is 11.7 Å². The summed E-state index contributed by atoms with van der Waals surface area (Å²) in [5, 5.41) is 14.3. The van der Waals surface area contributed by atoms with Crippen LogP contribution in [0, 0.1) is 6.92 Å². The number of nitrogens with one attached hydrogen (secondary N) is 1. The van der Waals surface area contributed by atoms with Gasteiger partial charge in [0.2, 0.25) is 0 Å². The van der Waals surface area contributed by atoms with E-state index < -0.39 is 12.0 Å². The summed E-state index contributed by atoms with van der Waals surface area (Å²) in [6.07, 6.45) is 3.93. The molecule has 19 heavy (non-hydrogen) atoms. The number of rotatable bonds is 6. The Morgan fingerprint density at radius 3 is 3.00 bits per heavy atom. The summed E-state index contributed by atoms with van der Waals surface area (Å²) in [5.41, 5.74) is 1.98. The quantitative estimate of drug-likeness (QED) is 0.850. The molecule has 0 spiro atoms. The third-order valence-electron chi connectivity index (χ3n) is 2.99. The van der Waals surface area contributed by atoms with E-state index in [0.717, 1.165) is 28.6 Å². The van der Waals surface area contributed by atoms with Gasteiger partial charge in [0.25, 0.3) is 0 Å². The van der Waals surface area contributed by atoms with Crippen LogP contribution in [0.1, 0.15) is 31.7 Å². The van der Waals surface area contributed by atoms with Crippen molar-refractivity contribution in [1.82, 2.24) is 9.97 Å². The molecule has 0 aliphatic rings. The average Bonchev–Trinajstić information content (AvgIpc) is 2.77. The number of hydrogen-bond acceptors (Lipinski definition) is 5. The zero-order valence-electron chi connectivity index (χ0n) is 11.0. The molecule has 2 heterocycles. The Morgan fingerprint density at radius 2 is 2.32 bits per heavy atom. The van der Waals surface area contributed by atoms with E-state index in [9.17, 15) is 9.90 Å². The van der Waals surface area contributed by atoms with Crippen molar-refractivity contribution in [2.24, 2.45) is 0 Å². The molecular formula is C13H17N3O2S. The predicted molar refractivity (Wildman–Crippen MR) is 76.7 cm³/mol. The van der Waals surface area contributed by atoms with Crippen LogP contribution in [0.4, 0.5) is 5.82 Å². The molecule has 0 fully saturated rings. The van der Waals surface area contributed by atoms with E-state index >= 15 is 0 Å². The normalized spacial score (nSPS) is 12.5. The van der Waals surface area contributed by atoms with E-state index in [1.807, 2.05) is 19.2 Å². The largest absolute Gasteiger partial charge is 0.480 e. The lowest BCUT2D eigenvalue weighted by molar-refractivity contribution is -0.138. The van der Waals surface area contributed by atoms with Crippen LogP contribution >= 0.6 is 11.3 Å². The number of fused-ring (bicyclic) bond motifs is 1. The second-order valence-corrected chi connectivity index (χ2v) is 5.38.